The first-order chi connectivity index (χ1) is 8.40. The summed E-state index contributed by atoms with van der Waals surface area (Å²) in [4.78, 5) is 14.1. The predicted molar refractivity (Wildman–Crippen MR) is 81.9 cm³/mol. The summed E-state index contributed by atoms with van der Waals surface area (Å²) in [7, 11) is 2.05. The molecule has 1 aromatic rings. The molecule has 0 saturated carbocycles. The highest BCUT2D eigenvalue weighted by Gasteiger charge is 2.08. The van der Waals surface area contributed by atoms with Crippen molar-refractivity contribution in [1.82, 2.24) is 10.2 Å². The van der Waals surface area contributed by atoms with Gasteiger partial charge in [-0.2, -0.15) is 0 Å². The maximum atomic E-state index is 11.9. The lowest BCUT2D eigenvalue weighted by Gasteiger charge is -2.20. The maximum absolute atomic E-state index is 11.9. The van der Waals surface area contributed by atoms with E-state index in [1.54, 1.807) is 0 Å². The van der Waals surface area contributed by atoms with Crippen LogP contribution in [0.5, 0.6) is 0 Å². The van der Waals surface area contributed by atoms with Crippen LogP contribution in [0.1, 0.15) is 24.2 Å². The van der Waals surface area contributed by atoms with Crippen LogP contribution in [0.4, 0.5) is 0 Å². The van der Waals surface area contributed by atoms with Crippen molar-refractivity contribution < 1.29 is 4.79 Å². The molecule has 0 saturated heterocycles. The molecule has 0 atom stereocenters. The van der Waals surface area contributed by atoms with Crippen molar-refractivity contribution in [3.8, 4) is 0 Å². The molecule has 1 amide bonds. The zero-order valence-electron chi connectivity index (χ0n) is 10.8. The molecule has 1 rings (SSSR count). The average molecular weight is 378 g/mol. The molecule has 1 aromatic carbocycles. The van der Waals surface area contributed by atoms with Gasteiger partial charge in [0.25, 0.3) is 5.91 Å². The van der Waals surface area contributed by atoms with E-state index in [1.807, 2.05) is 25.2 Å². The molecule has 0 aliphatic carbocycles. The average Bonchev–Trinajstić information content (AvgIpc) is 2.27. The van der Waals surface area contributed by atoms with Crippen LogP contribution >= 0.6 is 31.9 Å². The van der Waals surface area contributed by atoms with Crippen LogP contribution in [0.3, 0.4) is 0 Å². The van der Waals surface area contributed by atoms with Crippen LogP contribution in [0.25, 0.3) is 0 Å². The standard InChI is InChI=1S/C13H18Br2N2O/c1-9(2)17(3)5-4-16-13(18)10-6-11(14)8-12(15)7-10/h6-9H,4-5H2,1-3H3,(H,16,18). The number of nitrogens with one attached hydrogen (secondary N) is 1. The number of hydrogen-bond acceptors (Lipinski definition) is 2. The first-order valence-corrected chi connectivity index (χ1v) is 7.43. The van der Waals surface area contributed by atoms with Crippen LogP contribution in [-0.2, 0) is 0 Å². The van der Waals surface area contributed by atoms with Crippen LogP contribution in [-0.4, -0.2) is 37.0 Å². The van der Waals surface area contributed by atoms with E-state index in [9.17, 15) is 4.79 Å². The summed E-state index contributed by atoms with van der Waals surface area (Å²) in [5.74, 6) is -0.0471. The van der Waals surface area contributed by atoms with E-state index in [0.29, 0.717) is 18.2 Å². The molecular formula is C13H18Br2N2O. The SMILES string of the molecule is CC(C)N(C)CCNC(=O)c1cc(Br)cc(Br)c1. The minimum Gasteiger partial charge on any atom is -0.351 e. The van der Waals surface area contributed by atoms with Gasteiger partial charge in [-0.05, 0) is 39.1 Å². The summed E-state index contributed by atoms with van der Waals surface area (Å²) in [6, 6.07) is 6.02. The lowest BCUT2D eigenvalue weighted by Crippen LogP contribution is -2.36. The quantitative estimate of drug-likeness (QED) is 0.853. The van der Waals surface area contributed by atoms with Gasteiger partial charge in [0.05, 0.1) is 0 Å². The largest absolute Gasteiger partial charge is 0.351 e. The number of nitrogens with zero attached hydrogens (tertiary/aromatic N) is 1. The van der Waals surface area contributed by atoms with E-state index in [-0.39, 0.29) is 5.91 Å². The van der Waals surface area contributed by atoms with Crippen molar-refractivity contribution in [3.05, 3.63) is 32.7 Å². The molecule has 0 unspecified atom stereocenters. The van der Waals surface area contributed by atoms with Gasteiger partial charge in [-0.15, -0.1) is 0 Å². The molecule has 0 aliphatic rings. The Morgan fingerprint density at radius 2 is 1.83 bits per heavy atom. The molecule has 5 heteroatoms. The summed E-state index contributed by atoms with van der Waals surface area (Å²) >= 11 is 6.75. The first-order valence-electron chi connectivity index (χ1n) is 5.84. The number of rotatable bonds is 5. The second kappa shape index (κ2) is 7.26. The highest BCUT2D eigenvalue weighted by Crippen LogP contribution is 2.19. The van der Waals surface area contributed by atoms with Gasteiger partial charge in [0, 0.05) is 33.6 Å². The lowest BCUT2D eigenvalue weighted by molar-refractivity contribution is 0.0948. The Balaban J connectivity index is 2.50. The number of carbonyl (C=O) groups excluding carboxylic acids is 1. The highest BCUT2D eigenvalue weighted by molar-refractivity contribution is 9.11. The van der Waals surface area contributed by atoms with Gasteiger partial charge in [0.15, 0.2) is 0 Å². The van der Waals surface area contributed by atoms with Gasteiger partial charge in [-0.25, -0.2) is 0 Å². The second-order valence-corrected chi connectivity index (χ2v) is 6.32. The van der Waals surface area contributed by atoms with E-state index in [1.165, 1.54) is 0 Å². The number of amides is 1. The van der Waals surface area contributed by atoms with E-state index in [0.717, 1.165) is 15.5 Å². The van der Waals surface area contributed by atoms with E-state index >= 15 is 0 Å². The molecule has 0 radical (unpaired) electrons. The molecule has 0 aliphatic heterocycles. The minimum atomic E-state index is -0.0471. The number of carbonyl (C=O) groups is 1. The molecule has 0 fully saturated rings. The fraction of sp³-hybridized carbons (Fsp3) is 0.462. The highest BCUT2D eigenvalue weighted by atomic mass is 79.9. The second-order valence-electron chi connectivity index (χ2n) is 4.49. The summed E-state index contributed by atoms with van der Waals surface area (Å²) in [6.07, 6.45) is 0. The Kier molecular flexibility index (Phi) is 6.32. The van der Waals surface area contributed by atoms with Gasteiger partial charge in [0.2, 0.25) is 0 Å². The Morgan fingerprint density at radius 1 is 1.28 bits per heavy atom. The van der Waals surface area contributed by atoms with Crippen LogP contribution in [0.15, 0.2) is 27.1 Å². The van der Waals surface area contributed by atoms with Crippen molar-refractivity contribution in [2.45, 2.75) is 19.9 Å². The van der Waals surface area contributed by atoms with Crippen molar-refractivity contribution in [2.24, 2.45) is 0 Å². The van der Waals surface area contributed by atoms with Gasteiger partial charge >= 0.3 is 0 Å². The number of halogens is 2. The predicted octanol–water partition coefficient (Wildman–Crippen LogP) is 3.28. The molecule has 0 heterocycles. The Labute approximate surface area is 125 Å². The third kappa shape index (κ3) is 5.08. The molecule has 1 N–H and O–H groups in total. The normalized spacial score (nSPS) is 11.1. The topological polar surface area (TPSA) is 32.3 Å². The molecule has 0 bridgehead atoms. The number of hydrogen-bond donors (Lipinski definition) is 1. The van der Waals surface area contributed by atoms with Crippen LogP contribution in [0, 0.1) is 0 Å². The minimum absolute atomic E-state index is 0.0471. The fourth-order valence-corrected chi connectivity index (χ4v) is 2.68. The van der Waals surface area contributed by atoms with Gasteiger partial charge < -0.3 is 10.2 Å². The Hall–Kier alpha value is -0.390. The molecule has 18 heavy (non-hydrogen) atoms. The van der Waals surface area contributed by atoms with E-state index in [2.05, 4.69) is 55.9 Å². The fourth-order valence-electron chi connectivity index (χ4n) is 1.39. The number of benzene rings is 1. The van der Waals surface area contributed by atoms with Crippen molar-refractivity contribution in [1.29, 1.82) is 0 Å². The summed E-state index contributed by atoms with van der Waals surface area (Å²) in [5.41, 5.74) is 0.656. The summed E-state index contributed by atoms with van der Waals surface area (Å²) in [5, 5.41) is 2.92. The Bertz CT molecular complexity index is 401. The lowest BCUT2D eigenvalue weighted by atomic mass is 10.2. The number of likely N-dealkylation sites (N-methyl/N-ethyl adjacent to an activating group) is 1. The van der Waals surface area contributed by atoms with Crippen molar-refractivity contribution in [2.75, 3.05) is 20.1 Å². The van der Waals surface area contributed by atoms with Crippen molar-refractivity contribution in [3.63, 3.8) is 0 Å². The molecule has 3 nitrogen and oxygen atoms in total. The molecule has 0 aromatic heterocycles. The van der Waals surface area contributed by atoms with Crippen molar-refractivity contribution >= 4 is 37.8 Å². The maximum Gasteiger partial charge on any atom is 0.251 e. The monoisotopic (exact) mass is 376 g/mol. The van der Waals surface area contributed by atoms with Crippen LogP contribution in [0.2, 0.25) is 0 Å². The summed E-state index contributed by atoms with van der Waals surface area (Å²) in [6.45, 7) is 5.76. The first kappa shape index (κ1) is 15.7. The molecule has 0 spiro atoms. The summed E-state index contributed by atoms with van der Waals surface area (Å²) < 4.78 is 1.78. The molecular weight excluding hydrogens is 360 g/mol. The zero-order chi connectivity index (χ0) is 13.7. The smallest absolute Gasteiger partial charge is 0.251 e. The van der Waals surface area contributed by atoms with Gasteiger partial charge in [-0.1, -0.05) is 31.9 Å². The Morgan fingerprint density at radius 3 is 2.33 bits per heavy atom. The molecule has 100 valence electrons. The van der Waals surface area contributed by atoms with E-state index in [4.69, 9.17) is 0 Å². The van der Waals surface area contributed by atoms with Gasteiger partial charge in [0.1, 0.15) is 0 Å². The zero-order valence-corrected chi connectivity index (χ0v) is 14.0. The third-order valence-electron chi connectivity index (χ3n) is 2.76. The van der Waals surface area contributed by atoms with E-state index < -0.39 is 0 Å². The van der Waals surface area contributed by atoms with Crippen LogP contribution < -0.4 is 5.32 Å². The third-order valence-corrected chi connectivity index (χ3v) is 3.67. The van der Waals surface area contributed by atoms with Gasteiger partial charge in [-0.3, -0.25) is 4.79 Å².